The van der Waals surface area contributed by atoms with Crippen LogP contribution in [0.5, 0.6) is 0 Å². The third-order valence-electron chi connectivity index (χ3n) is 2.71. The van der Waals surface area contributed by atoms with Gasteiger partial charge in [-0.15, -0.1) is 0 Å². The lowest BCUT2D eigenvalue weighted by Gasteiger charge is -2.22. The molecule has 6 heteroatoms. The first kappa shape index (κ1) is 14.9. The number of rotatable bonds is 4. The predicted octanol–water partition coefficient (Wildman–Crippen LogP) is 0.910. The molecule has 0 fully saturated rings. The Balaban J connectivity index is 2.73. The second-order valence-corrected chi connectivity index (χ2v) is 4.92. The Morgan fingerprint density at radius 1 is 1.32 bits per heavy atom. The smallest absolute Gasteiger partial charge is 0.251 e. The highest BCUT2D eigenvalue weighted by Crippen LogP contribution is 2.15. The van der Waals surface area contributed by atoms with Crippen LogP contribution in [-0.4, -0.2) is 25.4 Å². The first-order valence-electron chi connectivity index (χ1n) is 5.83. The third kappa shape index (κ3) is 3.94. The van der Waals surface area contributed by atoms with Gasteiger partial charge in [-0.2, -0.15) is 0 Å². The number of nitrogen functional groups attached to an aromatic ring is 1. The van der Waals surface area contributed by atoms with Crippen molar-refractivity contribution in [3.05, 3.63) is 29.6 Å². The summed E-state index contributed by atoms with van der Waals surface area (Å²) in [5.74, 6) is -1.23. The Morgan fingerprint density at radius 3 is 2.47 bits per heavy atom. The minimum absolute atomic E-state index is 0.130. The fourth-order valence-electron chi connectivity index (χ4n) is 1.57. The van der Waals surface area contributed by atoms with Gasteiger partial charge in [-0.1, -0.05) is 0 Å². The van der Waals surface area contributed by atoms with Gasteiger partial charge in [0.1, 0.15) is 5.82 Å². The molecule has 0 atom stereocenters. The van der Waals surface area contributed by atoms with Gasteiger partial charge in [-0.3, -0.25) is 9.59 Å². The SMILES string of the molecule is CNC(=O)C(C)(C)CNC(=O)c1cc(N)cc(F)c1. The normalized spacial score (nSPS) is 10.9. The molecule has 1 aromatic rings. The van der Waals surface area contributed by atoms with E-state index in [1.807, 2.05) is 0 Å². The van der Waals surface area contributed by atoms with E-state index in [2.05, 4.69) is 10.6 Å². The molecule has 0 unspecified atom stereocenters. The quantitative estimate of drug-likeness (QED) is 0.709. The average Bonchev–Trinajstić information content (AvgIpc) is 2.33. The van der Waals surface area contributed by atoms with Crippen molar-refractivity contribution in [2.75, 3.05) is 19.3 Å². The van der Waals surface area contributed by atoms with Crippen LogP contribution in [-0.2, 0) is 4.79 Å². The monoisotopic (exact) mass is 267 g/mol. The lowest BCUT2D eigenvalue weighted by molar-refractivity contribution is -0.128. The summed E-state index contributed by atoms with van der Waals surface area (Å²) in [6.45, 7) is 3.54. The van der Waals surface area contributed by atoms with Crippen LogP contribution in [0.1, 0.15) is 24.2 Å². The molecule has 1 rings (SSSR count). The second kappa shape index (κ2) is 5.69. The van der Waals surface area contributed by atoms with Crippen LogP contribution in [0.25, 0.3) is 0 Å². The molecule has 0 aliphatic heterocycles. The van der Waals surface area contributed by atoms with Crippen molar-refractivity contribution in [3.63, 3.8) is 0 Å². The van der Waals surface area contributed by atoms with Gasteiger partial charge >= 0.3 is 0 Å². The van der Waals surface area contributed by atoms with E-state index >= 15 is 0 Å². The van der Waals surface area contributed by atoms with E-state index in [9.17, 15) is 14.0 Å². The minimum Gasteiger partial charge on any atom is -0.399 e. The van der Waals surface area contributed by atoms with Gasteiger partial charge < -0.3 is 16.4 Å². The van der Waals surface area contributed by atoms with E-state index in [1.165, 1.54) is 13.1 Å². The summed E-state index contributed by atoms with van der Waals surface area (Å²) < 4.78 is 13.1. The van der Waals surface area contributed by atoms with Gasteiger partial charge in [0.25, 0.3) is 5.91 Å². The molecule has 104 valence electrons. The van der Waals surface area contributed by atoms with E-state index in [0.717, 1.165) is 12.1 Å². The van der Waals surface area contributed by atoms with Gasteiger partial charge in [0.05, 0.1) is 5.41 Å². The first-order valence-corrected chi connectivity index (χ1v) is 5.83. The van der Waals surface area contributed by atoms with Crippen LogP contribution < -0.4 is 16.4 Å². The Hall–Kier alpha value is -2.11. The van der Waals surface area contributed by atoms with Crippen molar-refractivity contribution >= 4 is 17.5 Å². The van der Waals surface area contributed by atoms with E-state index in [1.54, 1.807) is 13.8 Å². The summed E-state index contributed by atoms with van der Waals surface area (Å²) in [7, 11) is 1.53. The number of halogens is 1. The van der Waals surface area contributed by atoms with Crippen molar-refractivity contribution < 1.29 is 14.0 Å². The van der Waals surface area contributed by atoms with Crippen molar-refractivity contribution in [2.24, 2.45) is 5.41 Å². The topological polar surface area (TPSA) is 84.2 Å². The number of nitrogens with two attached hydrogens (primary N) is 1. The Bertz CT molecular complexity index is 480. The maximum Gasteiger partial charge on any atom is 0.251 e. The number of carbonyl (C=O) groups excluding carboxylic acids is 2. The van der Waals surface area contributed by atoms with Gasteiger partial charge in [0.2, 0.25) is 5.91 Å². The number of hydrogen-bond donors (Lipinski definition) is 3. The summed E-state index contributed by atoms with van der Waals surface area (Å²) >= 11 is 0. The Labute approximate surface area is 111 Å². The second-order valence-electron chi connectivity index (χ2n) is 4.92. The lowest BCUT2D eigenvalue weighted by Crippen LogP contribution is -2.43. The van der Waals surface area contributed by atoms with Crippen LogP contribution in [0.2, 0.25) is 0 Å². The van der Waals surface area contributed by atoms with Crippen LogP contribution in [0.3, 0.4) is 0 Å². The number of anilines is 1. The molecule has 0 saturated carbocycles. The van der Waals surface area contributed by atoms with Crippen LogP contribution in [0.15, 0.2) is 18.2 Å². The molecular formula is C13H18FN3O2. The largest absolute Gasteiger partial charge is 0.399 e. The molecule has 0 spiro atoms. The van der Waals surface area contributed by atoms with E-state index in [4.69, 9.17) is 5.73 Å². The highest BCUT2D eigenvalue weighted by atomic mass is 19.1. The molecule has 2 amide bonds. The standard InChI is InChI=1S/C13H18FN3O2/c1-13(2,12(19)16-3)7-17-11(18)8-4-9(14)6-10(15)5-8/h4-6H,7,15H2,1-3H3,(H,16,19)(H,17,18). The van der Waals surface area contributed by atoms with Gasteiger partial charge in [0, 0.05) is 24.8 Å². The number of hydrogen-bond acceptors (Lipinski definition) is 3. The molecule has 0 aromatic heterocycles. The number of nitrogens with one attached hydrogen (secondary N) is 2. The molecular weight excluding hydrogens is 249 g/mol. The fourth-order valence-corrected chi connectivity index (χ4v) is 1.57. The van der Waals surface area contributed by atoms with Gasteiger partial charge in [-0.05, 0) is 32.0 Å². The zero-order valence-electron chi connectivity index (χ0n) is 11.2. The number of amides is 2. The molecule has 1 aromatic carbocycles. The summed E-state index contributed by atoms with van der Waals surface area (Å²) in [4.78, 5) is 23.4. The zero-order valence-corrected chi connectivity index (χ0v) is 11.2. The van der Waals surface area contributed by atoms with E-state index in [-0.39, 0.29) is 23.7 Å². The van der Waals surface area contributed by atoms with Crippen molar-refractivity contribution in [2.45, 2.75) is 13.8 Å². The first-order chi connectivity index (χ1) is 8.76. The molecule has 0 saturated heterocycles. The van der Waals surface area contributed by atoms with Crippen molar-refractivity contribution in [1.82, 2.24) is 10.6 Å². The number of benzene rings is 1. The summed E-state index contributed by atoms with van der Waals surface area (Å²) in [6.07, 6.45) is 0. The summed E-state index contributed by atoms with van der Waals surface area (Å²) in [5.41, 5.74) is 5.02. The molecule has 0 aliphatic rings. The van der Waals surface area contributed by atoms with Crippen molar-refractivity contribution in [3.8, 4) is 0 Å². The predicted molar refractivity (Wildman–Crippen MR) is 71.0 cm³/mol. The highest BCUT2D eigenvalue weighted by molar-refractivity contribution is 5.95. The lowest BCUT2D eigenvalue weighted by atomic mass is 9.92. The molecule has 0 bridgehead atoms. The molecule has 4 N–H and O–H groups in total. The van der Waals surface area contributed by atoms with E-state index in [0.29, 0.717) is 0 Å². The molecule has 0 heterocycles. The Kier molecular flexibility index (Phi) is 4.47. The van der Waals surface area contributed by atoms with E-state index < -0.39 is 17.1 Å². The fraction of sp³-hybridized carbons (Fsp3) is 0.385. The maximum atomic E-state index is 13.1. The summed E-state index contributed by atoms with van der Waals surface area (Å²) in [5, 5.41) is 5.10. The third-order valence-corrected chi connectivity index (χ3v) is 2.71. The molecule has 19 heavy (non-hydrogen) atoms. The minimum atomic E-state index is -0.747. The van der Waals surface area contributed by atoms with Gasteiger partial charge in [0.15, 0.2) is 0 Å². The zero-order chi connectivity index (χ0) is 14.6. The molecule has 0 aliphatic carbocycles. The highest BCUT2D eigenvalue weighted by Gasteiger charge is 2.27. The molecule has 5 nitrogen and oxygen atoms in total. The average molecular weight is 267 g/mol. The van der Waals surface area contributed by atoms with Crippen LogP contribution in [0, 0.1) is 11.2 Å². The summed E-state index contributed by atoms with van der Waals surface area (Å²) in [6, 6.07) is 3.61. The van der Waals surface area contributed by atoms with Gasteiger partial charge in [-0.25, -0.2) is 4.39 Å². The molecule has 0 radical (unpaired) electrons. The Morgan fingerprint density at radius 2 is 1.95 bits per heavy atom. The van der Waals surface area contributed by atoms with Crippen LogP contribution in [0.4, 0.5) is 10.1 Å². The van der Waals surface area contributed by atoms with Crippen molar-refractivity contribution in [1.29, 1.82) is 0 Å². The number of carbonyl (C=O) groups is 2. The maximum absolute atomic E-state index is 13.1. The van der Waals surface area contributed by atoms with Crippen LogP contribution >= 0.6 is 0 Å².